The van der Waals surface area contributed by atoms with Gasteiger partial charge in [-0.1, -0.05) is 84.0 Å². The van der Waals surface area contributed by atoms with Gasteiger partial charge in [-0.15, -0.1) is 0 Å². The van der Waals surface area contributed by atoms with Gasteiger partial charge in [0.2, 0.25) is 10.4 Å². The van der Waals surface area contributed by atoms with Crippen molar-refractivity contribution in [1.82, 2.24) is 0 Å². The minimum Gasteiger partial charge on any atom is -0.726 e. The highest BCUT2D eigenvalue weighted by Gasteiger charge is 2.09. The number of rotatable bonds is 17. The number of esters is 1. The molecule has 33 heavy (non-hydrogen) atoms. The van der Waals surface area contributed by atoms with Gasteiger partial charge in [0, 0.05) is 17.3 Å². The molecule has 0 aliphatic rings. The Hall–Kier alpha value is -1.09. The van der Waals surface area contributed by atoms with Gasteiger partial charge in [0.25, 0.3) is 0 Å². The fourth-order valence-electron chi connectivity index (χ4n) is 3.25. The van der Waals surface area contributed by atoms with Crippen LogP contribution >= 0.6 is 0 Å². The highest BCUT2D eigenvalue weighted by Crippen LogP contribution is 2.17. The van der Waals surface area contributed by atoms with Crippen molar-refractivity contribution in [3.05, 3.63) is 24.3 Å². The molecule has 0 aliphatic heterocycles. The minimum atomic E-state index is -4.41. The normalized spacial score (nSPS) is 11.2. The number of unbranched alkanes of at least 4 members (excludes halogenated alkanes) is 12. The Bertz CT molecular complexity index is 702. The molecule has 1 rings (SSSR count). The van der Waals surface area contributed by atoms with Gasteiger partial charge in [-0.2, -0.15) is 0 Å². The van der Waals surface area contributed by atoms with Gasteiger partial charge in [0.05, 0.1) is 7.11 Å². The predicted molar refractivity (Wildman–Crippen MR) is 137 cm³/mol. The summed E-state index contributed by atoms with van der Waals surface area (Å²) in [5.41, 5.74) is 0. The topological polar surface area (TPSA) is 92.7 Å². The number of hydrogen-bond donors (Lipinski definition) is 0. The highest BCUT2D eigenvalue weighted by atomic mass is 32.3. The molecule has 1 aromatic carbocycles. The Morgan fingerprint density at radius 2 is 1.21 bits per heavy atom. The zero-order valence-corrected chi connectivity index (χ0v) is 22.6. The van der Waals surface area contributed by atoms with E-state index < -0.39 is 10.4 Å². The lowest BCUT2D eigenvalue weighted by molar-refractivity contribution is -0.134. The first kappa shape index (κ1) is 31.9. The molecule has 0 unspecified atom stereocenters. The molecule has 0 heterocycles. The van der Waals surface area contributed by atoms with Crippen molar-refractivity contribution in [3.8, 4) is 5.75 Å². The van der Waals surface area contributed by atoms with Crippen LogP contribution in [0.1, 0.15) is 96.8 Å². The summed E-state index contributed by atoms with van der Waals surface area (Å²) in [6.07, 6.45) is 22.1. The summed E-state index contributed by atoms with van der Waals surface area (Å²) < 4.78 is 36.4. The quantitative estimate of drug-likeness (QED) is 0.0608. The van der Waals surface area contributed by atoms with E-state index in [1.807, 2.05) is 12.1 Å². The van der Waals surface area contributed by atoms with Gasteiger partial charge in [-0.3, -0.25) is 8.98 Å². The average molecular weight is 505 g/mol. The molecular formula is C25H44O6S2. The molecule has 0 fully saturated rings. The molecule has 1 aromatic rings. The molecule has 0 radical (unpaired) electrons. The van der Waals surface area contributed by atoms with Crippen LogP contribution in [-0.2, 0) is 30.3 Å². The van der Waals surface area contributed by atoms with Crippen molar-refractivity contribution in [2.45, 2.75) is 102 Å². The second-order valence-electron chi connectivity index (χ2n) is 8.33. The van der Waals surface area contributed by atoms with Crippen LogP contribution in [0.15, 0.2) is 29.2 Å². The van der Waals surface area contributed by atoms with Crippen LogP contribution in [0.4, 0.5) is 0 Å². The third-order valence-electron chi connectivity index (χ3n) is 5.22. The monoisotopic (exact) mass is 504 g/mol. The van der Waals surface area contributed by atoms with Crippen LogP contribution in [0.3, 0.4) is 0 Å². The molecule has 0 aromatic heterocycles. The molecule has 8 heteroatoms. The van der Waals surface area contributed by atoms with Crippen LogP contribution in [0, 0.1) is 0 Å². The maximum Gasteiger partial charge on any atom is 0.311 e. The third-order valence-corrected chi connectivity index (χ3v) is 6.84. The van der Waals surface area contributed by atoms with E-state index in [0.29, 0.717) is 12.2 Å². The maximum absolute atomic E-state index is 11.9. The fraction of sp³-hybridized carbons (Fsp3) is 0.720. The number of carbonyl (C=O) groups excluding carboxylic acids is 1. The Kier molecular flexibility index (Phi) is 19.6. The van der Waals surface area contributed by atoms with Gasteiger partial charge in [0.15, 0.2) is 4.90 Å². The molecule has 0 spiro atoms. The van der Waals surface area contributed by atoms with Crippen molar-refractivity contribution >= 4 is 27.3 Å². The van der Waals surface area contributed by atoms with Gasteiger partial charge < -0.3 is 9.29 Å². The smallest absolute Gasteiger partial charge is 0.311 e. The third kappa shape index (κ3) is 21.2. The molecule has 6 nitrogen and oxygen atoms in total. The molecule has 0 bridgehead atoms. The van der Waals surface area contributed by atoms with E-state index in [2.05, 4.69) is 35.8 Å². The lowest BCUT2D eigenvalue weighted by Gasteiger charge is -2.05. The van der Waals surface area contributed by atoms with E-state index in [1.165, 1.54) is 75.5 Å². The number of ether oxygens (including phenoxy) is 1. The Balaban J connectivity index is 0.00000150. The molecule has 0 atom stereocenters. The summed E-state index contributed by atoms with van der Waals surface area (Å²) in [7, 11) is -3.36. The maximum atomic E-state index is 11.9. The van der Waals surface area contributed by atoms with Gasteiger partial charge >= 0.3 is 5.97 Å². The summed E-state index contributed by atoms with van der Waals surface area (Å²) in [6, 6.07) is 7.92. The van der Waals surface area contributed by atoms with Crippen LogP contribution in [0.2, 0.25) is 0 Å². The van der Waals surface area contributed by atoms with E-state index in [-0.39, 0.29) is 16.9 Å². The number of hydrogen-bond acceptors (Lipinski definition) is 6. The first-order valence-corrected chi connectivity index (χ1v) is 15.5. The van der Waals surface area contributed by atoms with Crippen molar-refractivity contribution in [2.75, 3.05) is 19.6 Å². The Morgan fingerprint density at radius 3 is 1.58 bits per heavy atom. The van der Waals surface area contributed by atoms with E-state index >= 15 is 0 Å². The van der Waals surface area contributed by atoms with Crippen molar-refractivity contribution in [2.24, 2.45) is 0 Å². The predicted octanol–water partition coefficient (Wildman–Crippen LogP) is 6.40. The number of benzene rings is 1. The molecule has 0 saturated carbocycles. The van der Waals surface area contributed by atoms with Gasteiger partial charge in [-0.25, -0.2) is 8.42 Å². The van der Waals surface area contributed by atoms with Crippen molar-refractivity contribution in [1.29, 1.82) is 0 Å². The largest absolute Gasteiger partial charge is 0.726 e. The van der Waals surface area contributed by atoms with E-state index in [9.17, 15) is 17.8 Å². The molecule has 192 valence electrons. The Labute approximate surface area is 205 Å². The lowest BCUT2D eigenvalue weighted by Crippen LogP contribution is -2.07. The van der Waals surface area contributed by atoms with Crippen molar-refractivity contribution in [3.63, 3.8) is 0 Å². The standard InChI is InChI=1S/C24H41O2S.CH4O4S/c1-4-5-6-7-8-9-10-11-12-13-14-15-16-17-24(25)26-22-18-20-23(21-19-22)27(2)3;1-5-6(2,3)4/h18-21H,4-17H2,1-3H3;1H3,(H,2,3,4)/q+1;/p-1. The first-order chi connectivity index (χ1) is 15.7. The summed E-state index contributed by atoms with van der Waals surface area (Å²) in [4.78, 5) is 13.2. The SMILES string of the molecule is CCCCCCCCCCCCCCCC(=O)Oc1ccc([S+](C)C)cc1.COS(=O)(=O)[O-]. The molecule has 0 N–H and O–H groups in total. The summed E-state index contributed by atoms with van der Waals surface area (Å²) in [6.45, 7) is 2.27. The second-order valence-corrected chi connectivity index (χ2v) is 11.6. The Morgan fingerprint density at radius 1 is 0.818 bits per heavy atom. The number of carbonyl (C=O) groups is 1. The zero-order chi connectivity index (χ0) is 25.0. The summed E-state index contributed by atoms with van der Waals surface area (Å²) in [5, 5.41) is 0. The fourth-order valence-corrected chi connectivity index (χ4v) is 3.93. The summed E-state index contributed by atoms with van der Waals surface area (Å²) in [5.74, 6) is 0.571. The van der Waals surface area contributed by atoms with Crippen LogP contribution in [0.25, 0.3) is 0 Å². The lowest BCUT2D eigenvalue weighted by atomic mass is 10.0. The average Bonchev–Trinajstić information content (AvgIpc) is 2.77. The van der Waals surface area contributed by atoms with Crippen molar-refractivity contribution < 1.29 is 26.7 Å². The molecule has 0 saturated heterocycles. The zero-order valence-electron chi connectivity index (χ0n) is 21.0. The highest BCUT2D eigenvalue weighted by molar-refractivity contribution is 7.95. The molecular weight excluding hydrogens is 460 g/mol. The molecule has 0 amide bonds. The van der Waals surface area contributed by atoms with Crippen LogP contribution in [-0.4, -0.2) is 38.6 Å². The van der Waals surface area contributed by atoms with Crippen LogP contribution in [0.5, 0.6) is 5.75 Å². The van der Waals surface area contributed by atoms with Crippen LogP contribution < -0.4 is 4.74 Å². The minimum absolute atomic E-state index is 0.0992. The first-order valence-electron chi connectivity index (χ1n) is 12.1. The summed E-state index contributed by atoms with van der Waals surface area (Å²) >= 11 is 0. The van der Waals surface area contributed by atoms with Gasteiger partial charge in [-0.05, 0) is 30.7 Å². The van der Waals surface area contributed by atoms with E-state index in [1.54, 1.807) is 0 Å². The van der Waals surface area contributed by atoms with E-state index in [4.69, 9.17) is 4.74 Å². The van der Waals surface area contributed by atoms with Gasteiger partial charge in [0.1, 0.15) is 18.3 Å². The second kappa shape index (κ2) is 20.3. The van der Waals surface area contributed by atoms with E-state index in [0.717, 1.165) is 20.0 Å². The molecule has 0 aliphatic carbocycles.